The highest BCUT2D eigenvalue weighted by atomic mass is 13.0. The summed E-state index contributed by atoms with van der Waals surface area (Å²) < 4.78 is 0. The normalized spacial score (nSPS) is 1.71. The summed E-state index contributed by atoms with van der Waals surface area (Å²) in [5.74, 6) is 0. The fourth-order valence-electron chi connectivity index (χ4n) is 0. The van der Waals surface area contributed by atoms with E-state index in [9.17, 15) is 0 Å². The molecule has 463 valence electrons. The second-order valence-electron chi connectivity index (χ2n) is 0. The van der Waals surface area contributed by atoms with Crippen LogP contribution in [0, 0.1) is 0 Å². The molecule has 0 heterocycles. The van der Waals surface area contributed by atoms with Crippen molar-refractivity contribution < 1.29 is 0 Å². The molecule has 63 heavy (non-hydrogen) atoms. The van der Waals surface area contributed by atoms with E-state index < -0.39 is 0 Å². The van der Waals surface area contributed by atoms with Gasteiger partial charge in [0.25, 0.3) is 0 Å². The molecule has 0 aromatic heterocycles. The number of hydrogen-bond donors (Lipinski definition) is 0. The molecule has 0 aliphatic rings. The summed E-state index contributed by atoms with van der Waals surface area (Å²) in [4.78, 5) is 0. The van der Waals surface area contributed by atoms with Gasteiger partial charge in [0.15, 0.2) is 0 Å². The molecule has 0 spiro atoms. The van der Waals surface area contributed by atoms with Gasteiger partial charge in [-0.05, 0) is 0 Å². The molecule has 1 heteroatoms. The van der Waals surface area contributed by atoms with Crippen molar-refractivity contribution >= 4 is 8.41 Å². The van der Waals surface area contributed by atoms with E-state index in [0.29, 0.717) is 0 Å². The maximum absolute atomic E-state index is 2.00. The summed E-state index contributed by atoms with van der Waals surface area (Å²) in [5.41, 5.74) is 0. The van der Waals surface area contributed by atoms with Crippen LogP contribution in [0.5, 0.6) is 0 Å². The summed E-state index contributed by atoms with van der Waals surface area (Å²) in [6.07, 6.45) is 0. The summed E-state index contributed by atoms with van der Waals surface area (Å²) in [7, 11) is 0. The van der Waals surface area contributed by atoms with Crippen molar-refractivity contribution in [3.05, 3.63) is 0 Å². The Balaban J connectivity index is -0.00000000124. The van der Waals surface area contributed by atoms with Gasteiger partial charge in [0, 0.05) is 8.41 Å². The lowest BCUT2D eigenvalue weighted by molar-refractivity contribution is 1.50. The molecule has 3 radical (unpaired) electrons. The predicted octanol–water partition coefficient (Wildman–Crippen LogP) is 34.6. The van der Waals surface area contributed by atoms with Gasteiger partial charge in [0.05, 0.1) is 0 Å². The summed E-state index contributed by atoms with van der Waals surface area (Å²) in [6, 6.07) is 0. The van der Waals surface area contributed by atoms with Crippen LogP contribution in [-0.4, -0.2) is 8.41 Å². The molecule has 0 aliphatic heterocycles. The van der Waals surface area contributed by atoms with Gasteiger partial charge < -0.3 is 0 Å². The van der Waals surface area contributed by atoms with Crippen LogP contribution in [-0.2, 0) is 0 Å². The quantitative estimate of drug-likeness (QED) is 0.212. The highest BCUT2D eigenvalue weighted by Gasteiger charge is 0.967. The molecule has 0 aromatic rings. The third-order valence-corrected chi connectivity index (χ3v) is 0. The molecule has 0 N–H and O–H groups in total. The highest BCUT2D eigenvalue weighted by molar-refractivity contribution is 5.75. The fraction of sp³-hybridized carbons (Fsp3) is 1.00. The SMILES string of the molecule is C.C.C.C.C.C.C.C.C.C.C.C.C.C.C.C.C.C.C.C.C.C.C.C.C.C.CC.CC.CC.CC.CC.CC.CC.CC.CC.CC.CC.CC.CC.CC.CC.CC.CC.CC.[B]. The third kappa shape index (κ3) is 53100000. The number of hydrogen-bond acceptors (Lipinski definition) is 0. The van der Waals surface area contributed by atoms with Crippen LogP contribution < -0.4 is 0 Å². The van der Waals surface area contributed by atoms with Crippen molar-refractivity contribution in [3.8, 4) is 0 Å². The van der Waals surface area contributed by atoms with Crippen molar-refractivity contribution in [1.29, 1.82) is 0 Å². The summed E-state index contributed by atoms with van der Waals surface area (Å²) >= 11 is 0. The number of rotatable bonds is 0. The Morgan fingerprint density at radius 1 is 0.0635 bits per heavy atom. The molecule has 0 bridgehead atoms. The smallest absolute Gasteiger partial charge is 0 e. The first-order chi connectivity index (χ1) is 18.0. The topological polar surface area (TPSA) is 0 Å². The Morgan fingerprint density at radius 3 is 0.0635 bits per heavy atom. The van der Waals surface area contributed by atoms with Gasteiger partial charge in [0.2, 0.25) is 0 Å². The fourth-order valence-corrected chi connectivity index (χ4v) is 0. The van der Waals surface area contributed by atoms with Gasteiger partial charge in [-0.15, -0.1) is 0 Å². The van der Waals surface area contributed by atoms with E-state index in [4.69, 9.17) is 0 Å². The Bertz CT molecular complexity index is 7.41. The van der Waals surface area contributed by atoms with Crippen molar-refractivity contribution in [1.82, 2.24) is 0 Å². The molecule has 0 fully saturated rings. The zero-order valence-corrected chi connectivity index (χ0v) is 36.6. The molecule has 0 rings (SSSR count). The maximum Gasteiger partial charge on any atom is 0 e. The molecular weight excluding hydrogens is 755 g/mol. The van der Waals surface area contributed by atoms with Crippen LogP contribution >= 0.6 is 0 Å². The first kappa shape index (κ1) is 744. The third-order valence-electron chi connectivity index (χ3n) is 0. The van der Waals surface area contributed by atoms with Gasteiger partial charge >= 0.3 is 0 Å². The molecule has 0 unspecified atom stereocenters. The summed E-state index contributed by atoms with van der Waals surface area (Å²) in [6.45, 7) is 72.0. The van der Waals surface area contributed by atoms with Crippen molar-refractivity contribution in [3.63, 3.8) is 0 Å². The van der Waals surface area contributed by atoms with Crippen LogP contribution in [0.15, 0.2) is 0 Å². The second-order valence-corrected chi connectivity index (χ2v) is 0. The van der Waals surface area contributed by atoms with Crippen LogP contribution in [0.25, 0.3) is 0 Å². The Morgan fingerprint density at radius 2 is 0.0635 bits per heavy atom. The minimum atomic E-state index is 0. The Labute approximate surface area is 449 Å². The molecule has 0 amide bonds. The Kier molecular flexibility index (Phi) is 649000000. The van der Waals surface area contributed by atoms with Crippen LogP contribution in [0.2, 0.25) is 0 Å². The standard InChI is InChI=1S/18C2H6.26CH4.B/c18*1-2;;;;;;;;;;;;;;;;;;;;;;;;;;;/h18*1-2H3;26*1H4;. The van der Waals surface area contributed by atoms with Gasteiger partial charge in [-0.25, -0.2) is 0 Å². The first-order valence-electron chi connectivity index (χ1n) is 18.0. The van der Waals surface area contributed by atoms with E-state index in [1.54, 1.807) is 0 Å². The van der Waals surface area contributed by atoms with Gasteiger partial charge in [-0.3, -0.25) is 0 Å². The van der Waals surface area contributed by atoms with E-state index in [2.05, 4.69) is 0 Å². The van der Waals surface area contributed by atoms with Gasteiger partial charge in [-0.1, -0.05) is 442 Å². The lowest BCUT2D eigenvalue weighted by atomic mass is 10.8. The van der Waals surface area contributed by atoms with E-state index in [0.717, 1.165) is 0 Å². The van der Waals surface area contributed by atoms with Crippen LogP contribution in [0.3, 0.4) is 0 Å². The highest BCUT2D eigenvalue weighted by Crippen LogP contribution is 1.18. The first-order valence-corrected chi connectivity index (χ1v) is 18.0. The molecule has 0 saturated carbocycles. The molecule has 0 atom stereocenters. The van der Waals surface area contributed by atoms with E-state index in [1.165, 1.54) is 0 Å². The van der Waals surface area contributed by atoms with E-state index in [-0.39, 0.29) is 202 Å². The van der Waals surface area contributed by atoms with Gasteiger partial charge in [0.1, 0.15) is 0 Å². The van der Waals surface area contributed by atoms with Crippen molar-refractivity contribution in [2.24, 2.45) is 0 Å². The lowest BCUT2D eigenvalue weighted by Crippen LogP contribution is -0.856. The zero-order chi connectivity index (χ0) is 36.0. The monoisotopic (exact) mass is 969 g/mol. The maximum atomic E-state index is 2.00. The molecule has 0 aliphatic carbocycles. The second kappa shape index (κ2) is 54900000. The van der Waals surface area contributed by atoms with Crippen LogP contribution in [0.4, 0.5) is 0 Å². The minimum absolute atomic E-state index is 0. The van der Waals surface area contributed by atoms with E-state index in [1.807, 2.05) is 249 Å². The predicted molar refractivity (Wildman–Crippen MR) is 385 cm³/mol. The van der Waals surface area contributed by atoms with Crippen molar-refractivity contribution in [2.75, 3.05) is 0 Å². The zero-order valence-electron chi connectivity index (χ0n) is 36.6. The summed E-state index contributed by atoms with van der Waals surface area (Å²) in [5, 5.41) is 0. The molecule has 0 saturated heterocycles. The lowest BCUT2D eigenvalue weighted by Gasteiger charge is -1.07. The molecule has 0 aromatic carbocycles. The largest absolute Gasteiger partial charge is 0.0776 e. The van der Waals surface area contributed by atoms with Crippen molar-refractivity contribution in [2.45, 2.75) is 442 Å². The van der Waals surface area contributed by atoms with E-state index >= 15 is 0 Å². The average molecular weight is 969 g/mol. The van der Waals surface area contributed by atoms with Gasteiger partial charge in [-0.2, -0.15) is 0 Å². The Hall–Kier alpha value is 0.0649. The average Bonchev–Trinajstić information content (AvgIpc) is 3.13. The minimum Gasteiger partial charge on any atom is -0.0776 e. The van der Waals surface area contributed by atoms with Crippen LogP contribution in [0.1, 0.15) is 442 Å². The molecular formula is C62H212B. The molecule has 0 nitrogen and oxygen atoms in total.